The zero-order chi connectivity index (χ0) is 24.3. The summed E-state index contributed by atoms with van der Waals surface area (Å²) in [4.78, 5) is 45.0. The first-order valence-corrected chi connectivity index (χ1v) is 12.2. The third-order valence-corrected chi connectivity index (χ3v) is 8.31. The third-order valence-electron chi connectivity index (χ3n) is 7.27. The average Bonchev–Trinajstić information content (AvgIpc) is 3.53. The molecule has 35 heavy (non-hydrogen) atoms. The van der Waals surface area contributed by atoms with Gasteiger partial charge in [0.25, 0.3) is 5.69 Å². The number of hydrogen-bond donors (Lipinski definition) is 1. The largest absolute Gasteiger partial charge is 0.324 e. The van der Waals surface area contributed by atoms with E-state index >= 15 is 0 Å². The minimum absolute atomic E-state index is 0.0576. The molecule has 0 bridgehead atoms. The van der Waals surface area contributed by atoms with E-state index in [-0.39, 0.29) is 29.1 Å². The van der Waals surface area contributed by atoms with Crippen LogP contribution in [0.5, 0.6) is 0 Å². The predicted molar refractivity (Wildman–Crippen MR) is 128 cm³/mol. The van der Waals surface area contributed by atoms with Gasteiger partial charge in [-0.05, 0) is 35.9 Å². The topological polar surface area (TPSA) is 105 Å². The molecule has 1 amide bonds. The maximum atomic E-state index is 14.5. The lowest BCUT2D eigenvalue weighted by atomic mass is 9.70. The minimum atomic E-state index is -1.42. The van der Waals surface area contributed by atoms with E-state index in [2.05, 4.69) is 10.3 Å². The second-order valence-electron chi connectivity index (χ2n) is 8.88. The standard InChI is InChI=1S/C25H19FN4O4S/c26-15-6-9-18-17(11-15)25(24(32)28-18)22(23(31)19-3-1-2-10-27-19)21(20-12-35-13-29(20)25)14-4-7-16(8-5-14)30(33)34/h1-11,20-22H,12-13H2,(H,28,32)/t20-,21+,22-,25+/m0/s1. The quantitative estimate of drug-likeness (QED) is 0.335. The maximum absolute atomic E-state index is 14.5. The van der Waals surface area contributed by atoms with Gasteiger partial charge in [-0.1, -0.05) is 18.2 Å². The first-order valence-electron chi connectivity index (χ1n) is 11.1. The van der Waals surface area contributed by atoms with Gasteiger partial charge in [-0.2, -0.15) is 0 Å². The predicted octanol–water partition coefficient (Wildman–Crippen LogP) is 3.95. The van der Waals surface area contributed by atoms with Gasteiger partial charge in [-0.15, -0.1) is 11.8 Å². The summed E-state index contributed by atoms with van der Waals surface area (Å²) >= 11 is 1.64. The number of nitro benzene ring substituents is 1. The van der Waals surface area contributed by atoms with Crippen LogP contribution in [0, 0.1) is 21.8 Å². The molecule has 10 heteroatoms. The van der Waals surface area contributed by atoms with E-state index in [4.69, 9.17) is 0 Å². The van der Waals surface area contributed by atoms with Crippen LogP contribution in [-0.2, 0) is 10.3 Å². The van der Waals surface area contributed by atoms with Crippen molar-refractivity contribution in [2.45, 2.75) is 17.5 Å². The number of aromatic nitrogens is 1. The Morgan fingerprint density at radius 3 is 2.71 bits per heavy atom. The Labute approximate surface area is 203 Å². The molecule has 0 unspecified atom stereocenters. The fourth-order valence-corrected chi connectivity index (χ4v) is 7.23. The van der Waals surface area contributed by atoms with Crippen molar-refractivity contribution < 1.29 is 18.9 Å². The maximum Gasteiger partial charge on any atom is 0.269 e. The number of hydrogen-bond acceptors (Lipinski definition) is 7. The van der Waals surface area contributed by atoms with Crippen molar-refractivity contribution in [1.29, 1.82) is 0 Å². The van der Waals surface area contributed by atoms with Gasteiger partial charge in [-0.3, -0.25) is 29.6 Å². The molecule has 176 valence electrons. The number of nitrogens with one attached hydrogen (secondary N) is 1. The number of Topliss-reactive ketones (excluding diaryl/α,β-unsaturated/α-hetero) is 1. The van der Waals surface area contributed by atoms with Crippen LogP contribution in [0.2, 0.25) is 0 Å². The molecule has 6 rings (SSSR count). The summed E-state index contributed by atoms with van der Waals surface area (Å²) in [5.74, 6) is -1.40. The number of carbonyl (C=O) groups excluding carboxylic acids is 2. The van der Waals surface area contributed by atoms with Crippen LogP contribution in [0.15, 0.2) is 66.9 Å². The van der Waals surface area contributed by atoms with Crippen LogP contribution >= 0.6 is 11.8 Å². The Hall–Kier alpha value is -3.63. The number of nitrogens with zero attached hydrogens (tertiary/aromatic N) is 3. The van der Waals surface area contributed by atoms with E-state index in [0.29, 0.717) is 22.9 Å². The molecule has 2 saturated heterocycles. The smallest absolute Gasteiger partial charge is 0.269 e. The summed E-state index contributed by atoms with van der Waals surface area (Å²) in [6.07, 6.45) is 1.52. The van der Waals surface area contributed by atoms with Gasteiger partial charge in [0.15, 0.2) is 5.78 Å². The van der Waals surface area contributed by atoms with Crippen LogP contribution in [0.1, 0.15) is 27.5 Å². The van der Waals surface area contributed by atoms with Crippen molar-refractivity contribution in [2.75, 3.05) is 16.9 Å². The highest BCUT2D eigenvalue weighted by atomic mass is 32.2. The number of thioether (sulfide) groups is 1. The van der Waals surface area contributed by atoms with E-state index in [9.17, 15) is 24.1 Å². The van der Waals surface area contributed by atoms with E-state index in [1.807, 2.05) is 4.90 Å². The second-order valence-corrected chi connectivity index (χ2v) is 9.88. The fourth-order valence-electron chi connectivity index (χ4n) is 5.91. The zero-order valence-corrected chi connectivity index (χ0v) is 19.1. The number of nitro groups is 1. The summed E-state index contributed by atoms with van der Waals surface area (Å²) in [6.45, 7) is 0. The van der Waals surface area contributed by atoms with Crippen molar-refractivity contribution >= 4 is 34.8 Å². The Morgan fingerprint density at radius 2 is 2.00 bits per heavy atom. The monoisotopic (exact) mass is 490 g/mol. The van der Waals surface area contributed by atoms with Gasteiger partial charge in [0.05, 0.1) is 10.8 Å². The number of ketones is 1. The molecular weight excluding hydrogens is 471 g/mol. The molecule has 0 aliphatic carbocycles. The van der Waals surface area contributed by atoms with E-state index in [1.165, 1.54) is 36.5 Å². The molecule has 3 aliphatic heterocycles. The van der Waals surface area contributed by atoms with Gasteiger partial charge in [0, 0.05) is 53.2 Å². The first-order chi connectivity index (χ1) is 16.9. The second kappa shape index (κ2) is 7.96. The molecule has 2 aromatic carbocycles. The van der Waals surface area contributed by atoms with Crippen LogP contribution in [0.3, 0.4) is 0 Å². The molecule has 4 heterocycles. The molecule has 1 spiro atoms. The molecule has 0 radical (unpaired) electrons. The lowest BCUT2D eigenvalue weighted by molar-refractivity contribution is -0.384. The highest BCUT2D eigenvalue weighted by molar-refractivity contribution is 7.99. The summed E-state index contributed by atoms with van der Waals surface area (Å²) in [6, 6.07) is 15.1. The molecule has 4 atom stereocenters. The minimum Gasteiger partial charge on any atom is -0.324 e. The molecule has 3 aliphatic rings. The van der Waals surface area contributed by atoms with Gasteiger partial charge in [0.1, 0.15) is 17.1 Å². The molecule has 0 saturated carbocycles. The van der Waals surface area contributed by atoms with Crippen molar-refractivity contribution in [3.05, 3.63) is 99.6 Å². The molecular formula is C25H19FN4O4S. The number of amides is 1. The molecule has 1 aromatic heterocycles. The van der Waals surface area contributed by atoms with E-state index in [1.54, 1.807) is 42.1 Å². The Bertz CT molecular complexity index is 1370. The normalized spacial score (nSPS) is 27.0. The first kappa shape index (κ1) is 21.9. The number of non-ortho nitro benzene ring substituents is 1. The third kappa shape index (κ3) is 3.06. The molecule has 8 nitrogen and oxygen atoms in total. The molecule has 1 N–H and O–H groups in total. The summed E-state index contributed by atoms with van der Waals surface area (Å²) in [5.41, 5.74) is 0.376. The number of fused-ring (bicyclic) bond motifs is 4. The van der Waals surface area contributed by atoms with Gasteiger partial charge in [-0.25, -0.2) is 4.39 Å². The summed E-state index contributed by atoms with van der Waals surface area (Å²) < 4.78 is 14.5. The lowest BCUT2D eigenvalue weighted by Gasteiger charge is -2.36. The molecule has 2 fully saturated rings. The summed E-state index contributed by atoms with van der Waals surface area (Å²) in [7, 11) is 0. The van der Waals surface area contributed by atoms with Gasteiger partial charge in [0.2, 0.25) is 5.91 Å². The molecule has 3 aromatic rings. The fraction of sp³-hybridized carbons (Fsp3) is 0.240. The van der Waals surface area contributed by atoms with Crippen LogP contribution < -0.4 is 5.32 Å². The van der Waals surface area contributed by atoms with Crippen molar-refractivity contribution in [3.63, 3.8) is 0 Å². The zero-order valence-electron chi connectivity index (χ0n) is 18.3. The van der Waals surface area contributed by atoms with Crippen LogP contribution in [-0.4, -0.2) is 44.2 Å². The van der Waals surface area contributed by atoms with Crippen molar-refractivity contribution in [3.8, 4) is 0 Å². The van der Waals surface area contributed by atoms with E-state index < -0.39 is 28.1 Å². The number of rotatable bonds is 4. The number of halogens is 1. The average molecular weight is 491 g/mol. The Balaban J connectivity index is 1.60. The van der Waals surface area contributed by atoms with Gasteiger partial charge >= 0.3 is 0 Å². The Morgan fingerprint density at radius 1 is 1.20 bits per heavy atom. The lowest BCUT2D eigenvalue weighted by Crippen LogP contribution is -2.52. The highest BCUT2D eigenvalue weighted by Crippen LogP contribution is 2.61. The van der Waals surface area contributed by atoms with Crippen LogP contribution in [0.4, 0.5) is 15.8 Å². The summed E-state index contributed by atoms with van der Waals surface area (Å²) in [5, 5.41) is 14.1. The number of carbonyl (C=O) groups is 2. The highest BCUT2D eigenvalue weighted by Gasteiger charge is 2.69. The van der Waals surface area contributed by atoms with E-state index in [0.717, 1.165) is 5.56 Å². The van der Waals surface area contributed by atoms with Crippen molar-refractivity contribution in [2.24, 2.45) is 5.92 Å². The number of benzene rings is 2. The van der Waals surface area contributed by atoms with Gasteiger partial charge < -0.3 is 5.32 Å². The van der Waals surface area contributed by atoms with Crippen LogP contribution in [0.25, 0.3) is 0 Å². The SMILES string of the molecule is O=C(c1ccccn1)[C@@H]1[C@H](c2ccc([N+](=O)[O-])cc2)[C@@H]2CSCN2[C@@]12C(=O)Nc1ccc(F)cc12. The number of pyridine rings is 1. The van der Waals surface area contributed by atoms with Crippen molar-refractivity contribution in [1.82, 2.24) is 9.88 Å². The Kier molecular flexibility index (Phi) is 4.97. The number of anilines is 1.